The highest BCUT2D eigenvalue weighted by Crippen LogP contribution is 2.33. The first-order valence-electron chi connectivity index (χ1n) is 6.18. The Kier molecular flexibility index (Phi) is 2.55. The van der Waals surface area contributed by atoms with Crippen LogP contribution in [-0.2, 0) is 7.05 Å². The molecule has 3 heterocycles. The number of benzene rings is 1. The normalized spacial score (nSPS) is 11.5. The fourth-order valence-corrected chi connectivity index (χ4v) is 3.55. The Morgan fingerprint density at radius 3 is 3.00 bits per heavy atom. The molecule has 5 heteroatoms. The molecule has 0 aliphatic heterocycles. The molecule has 3 nitrogen and oxygen atoms in total. The Balaban J connectivity index is 2.02. The van der Waals surface area contributed by atoms with Gasteiger partial charge in [-0.1, -0.05) is 17.7 Å². The van der Waals surface area contributed by atoms with Crippen molar-refractivity contribution in [1.29, 1.82) is 0 Å². The molecular formula is C15H10ClN3S. The van der Waals surface area contributed by atoms with Gasteiger partial charge in [0.15, 0.2) is 0 Å². The highest BCUT2D eigenvalue weighted by molar-refractivity contribution is 7.17. The van der Waals surface area contributed by atoms with Gasteiger partial charge in [0.1, 0.15) is 5.15 Å². The second kappa shape index (κ2) is 4.30. The fraction of sp³-hybridized carbons (Fsp3) is 0.0667. The molecule has 4 rings (SSSR count). The smallest absolute Gasteiger partial charge is 0.131 e. The molecule has 0 fully saturated rings. The van der Waals surface area contributed by atoms with E-state index in [2.05, 4.69) is 39.7 Å². The lowest BCUT2D eigenvalue weighted by Gasteiger charge is -2.04. The summed E-state index contributed by atoms with van der Waals surface area (Å²) in [7, 11) is 1.94. The molecule has 0 aliphatic carbocycles. The van der Waals surface area contributed by atoms with E-state index in [-0.39, 0.29) is 0 Å². The molecule has 20 heavy (non-hydrogen) atoms. The molecule has 0 unspecified atom stereocenters. The van der Waals surface area contributed by atoms with Crippen molar-refractivity contribution in [3.8, 4) is 11.3 Å². The van der Waals surface area contributed by atoms with Gasteiger partial charge in [0.2, 0.25) is 0 Å². The van der Waals surface area contributed by atoms with Crippen LogP contribution in [0.25, 0.3) is 32.2 Å². The van der Waals surface area contributed by atoms with Gasteiger partial charge in [0, 0.05) is 28.1 Å². The van der Waals surface area contributed by atoms with Gasteiger partial charge < -0.3 is 0 Å². The number of hydrogen-bond donors (Lipinski definition) is 0. The minimum absolute atomic E-state index is 0.529. The van der Waals surface area contributed by atoms with E-state index in [1.807, 2.05) is 24.0 Å². The molecule has 3 aromatic heterocycles. The third-order valence-electron chi connectivity index (χ3n) is 3.44. The lowest BCUT2D eigenvalue weighted by Crippen LogP contribution is -1.89. The molecular weight excluding hydrogens is 290 g/mol. The Labute approximate surface area is 124 Å². The first-order valence-corrected chi connectivity index (χ1v) is 7.44. The molecule has 0 radical (unpaired) electrons. The molecule has 0 bridgehead atoms. The minimum atomic E-state index is 0.529. The van der Waals surface area contributed by atoms with Gasteiger partial charge in [0.25, 0.3) is 0 Å². The molecule has 0 aliphatic rings. The standard InChI is InChI=1S/C15H10ClN3S/c1-19-12-3-2-9(6-10(12)8-17-19)15-11-4-5-20-13(11)7-14(16)18-15/h2-8H,1H3. The monoisotopic (exact) mass is 299 g/mol. The largest absolute Gasteiger partial charge is 0.268 e. The van der Waals surface area contributed by atoms with E-state index >= 15 is 0 Å². The zero-order chi connectivity index (χ0) is 13.7. The minimum Gasteiger partial charge on any atom is -0.268 e. The first-order chi connectivity index (χ1) is 9.72. The summed E-state index contributed by atoms with van der Waals surface area (Å²) >= 11 is 7.81. The van der Waals surface area contributed by atoms with Crippen LogP contribution in [0.2, 0.25) is 5.15 Å². The van der Waals surface area contributed by atoms with Crippen molar-refractivity contribution in [3.63, 3.8) is 0 Å². The summed E-state index contributed by atoms with van der Waals surface area (Å²) in [6, 6.07) is 10.2. The molecule has 0 spiro atoms. The highest BCUT2D eigenvalue weighted by atomic mass is 35.5. The Hall–Kier alpha value is -1.91. The summed E-state index contributed by atoms with van der Waals surface area (Å²) in [6.07, 6.45) is 1.87. The second-order valence-electron chi connectivity index (χ2n) is 4.67. The summed E-state index contributed by atoms with van der Waals surface area (Å²) in [5.74, 6) is 0. The Bertz CT molecular complexity index is 939. The first kappa shape index (κ1) is 11.9. The fourth-order valence-electron chi connectivity index (χ4n) is 2.47. The topological polar surface area (TPSA) is 30.7 Å². The van der Waals surface area contributed by atoms with Crippen molar-refractivity contribution in [1.82, 2.24) is 14.8 Å². The Morgan fingerprint density at radius 2 is 2.10 bits per heavy atom. The van der Waals surface area contributed by atoms with Crippen LogP contribution in [0.1, 0.15) is 0 Å². The maximum Gasteiger partial charge on any atom is 0.131 e. The van der Waals surface area contributed by atoms with Crippen LogP contribution in [-0.4, -0.2) is 14.8 Å². The van der Waals surface area contributed by atoms with Crippen LogP contribution in [0.4, 0.5) is 0 Å². The number of halogens is 1. The number of nitrogens with zero attached hydrogens (tertiary/aromatic N) is 3. The van der Waals surface area contributed by atoms with Crippen LogP contribution < -0.4 is 0 Å². The maximum atomic E-state index is 6.13. The lowest BCUT2D eigenvalue weighted by molar-refractivity contribution is 0.797. The van der Waals surface area contributed by atoms with Gasteiger partial charge in [-0.15, -0.1) is 11.3 Å². The van der Waals surface area contributed by atoms with E-state index in [1.54, 1.807) is 11.3 Å². The SMILES string of the molecule is Cn1ncc2cc(-c3nc(Cl)cc4sccc34)ccc21. The van der Waals surface area contributed by atoms with Gasteiger partial charge in [-0.3, -0.25) is 4.68 Å². The van der Waals surface area contributed by atoms with Crippen molar-refractivity contribution < 1.29 is 0 Å². The van der Waals surface area contributed by atoms with Gasteiger partial charge in [-0.25, -0.2) is 4.98 Å². The van der Waals surface area contributed by atoms with Crippen LogP contribution in [0.3, 0.4) is 0 Å². The zero-order valence-corrected chi connectivity index (χ0v) is 12.2. The van der Waals surface area contributed by atoms with Crippen molar-refractivity contribution in [2.75, 3.05) is 0 Å². The number of hydrogen-bond acceptors (Lipinski definition) is 3. The molecule has 98 valence electrons. The van der Waals surface area contributed by atoms with Crippen molar-refractivity contribution in [2.24, 2.45) is 7.05 Å². The molecule has 0 saturated heterocycles. The predicted molar refractivity (Wildman–Crippen MR) is 84.3 cm³/mol. The molecule has 0 amide bonds. The lowest BCUT2D eigenvalue weighted by atomic mass is 10.1. The number of pyridine rings is 1. The quantitative estimate of drug-likeness (QED) is 0.484. The number of aromatic nitrogens is 3. The van der Waals surface area contributed by atoms with E-state index in [0.717, 1.165) is 32.2 Å². The van der Waals surface area contributed by atoms with E-state index in [0.29, 0.717) is 5.15 Å². The number of thiophene rings is 1. The van der Waals surface area contributed by atoms with E-state index in [1.165, 1.54) is 0 Å². The van der Waals surface area contributed by atoms with Crippen molar-refractivity contribution >= 4 is 43.9 Å². The van der Waals surface area contributed by atoms with Crippen LogP contribution in [0.5, 0.6) is 0 Å². The molecule has 0 saturated carbocycles. The highest BCUT2D eigenvalue weighted by Gasteiger charge is 2.10. The number of aryl methyl sites for hydroxylation is 1. The van der Waals surface area contributed by atoms with Crippen molar-refractivity contribution in [3.05, 3.63) is 47.1 Å². The zero-order valence-electron chi connectivity index (χ0n) is 10.7. The summed E-state index contributed by atoms with van der Waals surface area (Å²) in [5.41, 5.74) is 3.10. The van der Waals surface area contributed by atoms with Gasteiger partial charge >= 0.3 is 0 Å². The molecule has 0 atom stereocenters. The maximum absolute atomic E-state index is 6.13. The van der Waals surface area contributed by atoms with Crippen molar-refractivity contribution in [2.45, 2.75) is 0 Å². The molecule has 1 aromatic carbocycles. The van der Waals surface area contributed by atoms with Gasteiger partial charge in [-0.05, 0) is 29.6 Å². The van der Waals surface area contributed by atoms with Gasteiger partial charge in [0.05, 0.1) is 17.4 Å². The van der Waals surface area contributed by atoms with E-state index < -0.39 is 0 Å². The average molecular weight is 300 g/mol. The van der Waals surface area contributed by atoms with Crippen LogP contribution in [0.15, 0.2) is 41.9 Å². The van der Waals surface area contributed by atoms with Crippen LogP contribution >= 0.6 is 22.9 Å². The second-order valence-corrected chi connectivity index (χ2v) is 6.00. The molecule has 0 N–H and O–H groups in total. The molecule has 4 aromatic rings. The summed E-state index contributed by atoms with van der Waals surface area (Å²) in [5, 5.41) is 9.11. The van der Waals surface area contributed by atoms with E-state index in [9.17, 15) is 0 Å². The summed E-state index contributed by atoms with van der Waals surface area (Å²) < 4.78 is 3.02. The van der Waals surface area contributed by atoms with E-state index in [4.69, 9.17) is 11.6 Å². The number of rotatable bonds is 1. The summed E-state index contributed by atoms with van der Waals surface area (Å²) in [4.78, 5) is 4.50. The Morgan fingerprint density at radius 1 is 1.20 bits per heavy atom. The third kappa shape index (κ3) is 1.72. The third-order valence-corrected chi connectivity index (χ3v) is 4.50. The number of fused-ring (bicyclic) bond motifs is 2. The van der Waals surface area contributed by atoms with Crippen LogP contribution in [0, 0.1) is 0 Å². The average Bonchev–Trinajstić information content (AvgIpc) is 3.04. The predicted octanol–water partition coefficient (Wildman–Crippen LogP) is 4.50. The van der Waals surface area contributed by atoms with Gasteiger partial charge in [-0.2, -0.15) is 5.10 Å². The summed E-state index contributed by atoms with van der Waals surface area (Å²) in [6.45, 7) is 0.